The molecular formula is C17H24N2O4. The number of methoxy groups -OCH3 is 2. The number of hydrogen-bond acceptors (Lipinski definition) is 6. The summed E-state index contributed by atoms with van der Waals surface area (Å²) in [7, 11) is 3.17. The highest BCUT2D eigenvalue weighted by Crippen LogP contribution is 2.27. The van der Waals surface area contributed by atoms with E-state index in [9.17, 15) is 4.79 Å². The predicted molar refractivity (Wildman–Crippen MR) is 88.8 cm³/mol. The molecule has 1 fully saturated rings. The highest BCUT2D eigenvalue weighted by molar-refractivity contribution is 5.87. The Labute approximate surface area is 137 Å². The summed E-state index contributed by atoms with van der Waals surface area (Å²) in [4.78, 5) is 14.0. The molecule has 1 N–H and O–H groups in total. The van der Waals surface area contributed by atoms with Crippen molar-refractivity contribution in [3.8, 4) is 11.5 Å². The van der Waals surface area contributed by atoms with Gasteiger partial charge in [0.05, 0.1) is 14.2 Å². The Kier molecular flexibility index (Phi) is 6.90. The Morgan fingerprint density at radius 1 is 1.22 bits per heavy atom. The van der Waals surface area contributed by atoms with Crippen molar-refractivity contribution in [2.75, 3.05) is 53.6 Å². The van der Waals surface area contributed by atoms with Crippen molar-refractivity contribution in [3.05, 3.63) is 29.8 Å². The number of nitrogens with zero attached hydrogens (tertiary/aromatic N) is 1. The summed E-state index contributed by atoms with van der Waals surface area (Å²) in [5.74, 6) is 0.944. The standard InChI is InChI=1S/C17H24N2O4/c1-21-15-5-3-14(13-16(15)22-2)4-6-17(20)23-12-11-19-9-7-18-8-10-19/h3-6,13,18H,7-12H2,1-2H3/b6-4+. The van der Waals surface area contributed by atoms with E-state index in [1.54, 1.807) is 26.4 Å². The summed E-state index contributed by atoms with van der Waals surface area (Å²) in [6.07, 6.45) is 3.13. The molecule has 6 heteroatoms. The van der Waals surface area contributed by atoms with Gasteiger partial charge in [-0.1, -0.05) is 6.07 Å². The monoisotopic (exact) mass is 320 g/mol. The molecule has 0 radical (unpaired) electrons. The molecule has 1 aliphatic heterocycles. The first-order valence-electron chi connectivity index (χ1n) is 7.73. The molecule has 1 aliphatic rings. The summed E-state index contributed by atoms with van der Waals surface area (Å²) in [5.41, 5.74) is 0.849. The Balaban J connectivity index is 1.78. The fourth-order valence-corrected chi connectivity index (χ4v) is 2.38. The van der Waals surface area contributed by atoms with Crippen LogP contribution in [0.3, 0.4) is 0 Å². The van der Waals surface area contributed by atoms with Crippen molar-refractivity contribution < 1.29 is 19.0 Å². The molecule has 126 valence electrons. The van der Waals surface area contributed by atoms with Crippen molar-refractivity contribution >= 4 is 12.0 Å². The second-order valence-electron chi connectivity index (χ2n) is 5.21. The van der Waals surface area contributed by atoms with Crippen molar-refractivity contribution in [2.24, 2.45) is 0 Å². The number of rotatable bonds is 7. The van der Waals surface area contributed by atoms with Crippen LogP contribution in [0.1, 0.15) is 5.56 Å². The zero-order chi connectivity index (χ0) is 16.5. The van der Waals surface area contributed by atoms with Crippen molar-refractivity contribution in [2.45, 2.75) is 0 Å². The molecule has 6 nitrogen and oxygen atoms in total. The zero-order valence-corrected chi connectivity index (χ0v) is 13.7. The van der Waals surface area contributed by atoms with Gasteiger partial charge in [0.15, 0.2) is 11.5 Å². The van der Waals surface area contributed by atoms with E-state index < -0.39 is 0 Å². The topological polar surface area (TPSA) is 60.0 Å². The largest absolute Gasteiger partial charge is 0.493 e. The lowest BCUT2D eigenvalue weighted by Gasteiger charge is -2.26. The molecule has 0 amide bonds. The number of hydrogen-bond donors (Lipinski definition) is 1. The van der Waals surface area contributed by atoms with Gasteiger partial charge in [-0.15, -0.1) is 0 Å². The maximum absolute atomic E-state index is 11.7. The quantitative estimate of drug-likeness (QED) is 0.601. The van der Waals surface area contributed by atoms with Crippen LogP contribution in [0.4, 0.5) is 0 Å². The number of carbonyl (C=O) groups excluding carboxylic acids is 1. The van der Waals surface area contributed by atoms with E-state index in [-0.39, 0.29) is 5.97 Å². The van der Waals surface area contributed by atoms with Gasteiger partial charge in [-0.2, -0.15) is 0 Å². The first kappa shape index (κ1) is 17.3. The second kappa shape index (κ2) is 9.17. The third-order valence-electron chi connectivity index (χ3n) is 3.68. The Bertz CT molecular complexity index is 539. The minimum absolute atomic E-state index is 0.338. The second-order valence-corrected chi connectivity index (χ2v) is 5.21. The summed E-state index contributed by atoms with van der Waals surface area (Å²) < 4.78 is 15.6. The van der Waals surface area contributed by atoms with Gasteiger partial charge in [-0.3, -0.25) is 4.90 Å². The first-order chi connectivity index (χ1) is 11.2. The highest BCUT2D eigenvalue weighted by atomic mass is 16.5. The van der Waals surface area contributed by atoms with Gasteiger partial charge in [0.25, 0.3) is 0 Å². The maximum atomic E-state index is 11.7. The normalized spacial score (nSPS) is 15.6. The summed E-state index contributed by atoms with van der Waals surface area (Å²) >= 11 is 0. The van der Waals surface area contributed by atoms with Crippen LogP contribution in [0.2, 0.25) is 0 Å². The van der Waals surface area contributed by atoms with E-state index in [1.807, 2.05) is 12.1 Å². The Morgan fingerprint density at radius 3 is 2.65 bits per heavy atom. The molecule has 0 bridgehead atoms. The third kappa shape index (κ3) is 5.58. The van der Waals surface area contributed by atoms with Gasteiger partial charge in [0, 0.05) is 38.8 Å². The summed E-state index contributed by atoms with van der Waals surface area (Å²) in [6.45, 7) is 5.17. The molecule has 1 saturated heterocycles. The van der Waals surface area contributed by atoms with Gasteiger partial charge in [-0.25, -0.2) is 4.79 Å². The van der Waals surface area contributed by atoms with E-state index in [4.69, 9.17) is 14.2 Å². The third-order valence-corrected chi connectivity index (χ3v) is 3.68. The van der Waals surface area contributed by atoms with Crippen LogP contribution >= 0.6 is 0 Å². The van der Waals surface area contributed by atoms with Gasteiger partial charge in [-0.05, 0) is 23.8 Å². The maximum Gasteiger partial charge on any atom is 0.330 e. The molecule has 1 heterocycles. The molecule has 0 atom stereocenters. The number of nitrogens with one attached hydrogen (secondary N) is 1. The minimum Gasteiger partial charge on any atom is -0.493 e. The average molecular weight is 320 g/mol. The van der Waals surface area contributed by atoms with Gasteiger partial charge in [0.2, 0.25) is 0 Å². The molecule has 0 saturated carbocycles. The molecular weight excluding hydrogens is 296 g/mol. The number of ether oxygens (including phenoxy) is 3. The molecule has 23 heavy (non-hydrogen) atoms. The molecule has 1 aromatic carbocycles. The van der Waals surface area contributed by atoms with E-state index in [1.165, 1.54) is 6.08 Å². The fraction of sp³-hybridized carbons (Fsp3) is 0.471. The van der Waals surface area contributed by atoms with E-state index in [2.05, 4.69) is 10.2 Å². The molecule has 1 aromatic rings. The molecule has 0 aliphatic carbocycles. The fourth-order valence-electron chi connectivity index (χ4n) is 2.38. The lowest BCUT2D eigenvalue weighted by molar-refractivity contribution is -0.138. The number of benzene rings is 1. The van der Waals surface area contributed by atoms with Crippen LogP contribution in [0.25, 0.3) is 6.08 Å². The van der Waals surface area contributed by atoms with Crippen LogP contribution in [-0.4, -0.2) is 64.4 Å². The smallest absolute Gasteiger partial charge is 0.330 e. The van der Waals surface area contributed by atoms with Crippen LogP contribution in [-0.2, 0) is 9.53 Å². The SMILES string of the molecule is COc1ccc(/C=C/C(=O)OCCN2CCNCC2)cc1OC. The van der Waals surface area contributed by atoms with Crippen LogP contribution in [0, 0.1) is 0 Å². The minimum atomic E-state index is -0.338. The lowest BCUT2D eigenvalue weighted by Crippen LogP contribution is -2.44. The molecule has 2 rings (SSSR count). The first-order valence-corrected chi connectivity index (χ1v) is 7.73. The average Bonchev–Trinajstić information content (AvgIpc) is 2.60. The van der Waals surface area contributed by atoms with Crippen molar-refractivity contribution in [1.29, 1.82) is 0 Å². The predicted octanol–water partition coefficient (Wildman–Crippen LogP) is 1.17. The van der Waals surface area contributed by atoms with Gasteiger partial charge >= 0.3 is 5.97 Å². The van der Waals surface area contributed by atoms with Crippen LogP contribution in [0.5, 0.6) is 11.5 Å². The summed E-state index contributed by atoms with van der Waals surface area (Å²) in [6, 6.07) is 5.46. The molecule has 0 aromatic heterocycles. The van der Waals surface area contributed by atoms with Crippen LogP contribution < -0.4 is 14.8 Å². The van der Waals surface area contributed by atoms with E-state index in [0.29, 0.717) is 18.1 Å². The Hall–Kier alpha value is -2.05. The molecule has 0 spiro atoms. The Morgan fingerprint density at radius 2 is 1.96 bits per heavy atom. The summed E-state index contributed by atoms with van der Waals surface area (Å²) in [5, 5.41) is 3.29. The van der Waals surface area contributed by atoms with Gasteiger partial charge in [0.1, 0.15) is 6.61 Å². The lowest BCUT2D eigenvalue weighted by atomic mass is 10.2. The zero-order valence-electron chi connectivity index (χ0n) is 13.7. The van der Waals surface area contributed by atoms with Crippen LogP contribution in [0.15, 0.2) is 24.3 Å². The van der Waals surface area contributed by atoms with Crippen molar-refractivity contribution in [3.63, 3.8) is 0 Å². The van der Waals surface area contributed by atoms with E-state index >= 15 is 0 Å². The highest BCUT2D eigenvalue weighted by Gasteiger charge is 2.09. The number of piperazine rings is 1. The number of carbonyl (C=O) groups is 1. The number of esters is 1. The van der Waals surface area contributed by atoms with Gasteiger partial charge < -0.3 is 19.5 Å². The molecule has 0 unspecified atom stereocenters. The van der Waals surface area contributed by atoms with E-state index in [0.717, 1.165) is 38.3 Å². The van der Waals surface area contributed by atoms with Crippen molar-refractivity contribution in [1.82, 2.24) is 10.2 Å².